The van der Waals surface area contributed by atoms with Crippen molar-refractivity contribution in [2.24, 2.45) is 5.10 Å². The third-order valence-corrected chi connectivity index (χ3v) is 4.18. The van der Waals surface area contributed by atoms with Crippen LogP contribution in [-0.2, 0) is 6.18 Å². The highest BCUT2D eigenvalue weighted by Gasteiger charge is 2.29. The molecule has 4 nitrogen and oxygen atoms in total. The number of thiophene rings is 1. The van der Waals surface area contributed by atoms with E-state index in [4.69, 9.17) is 0 Å². The van der Waals surface area contributed by atoms with Crippen LogP contribution in [0.1, 0.15) is 16.7 Å². The molecular weight excluding hydrogens is 325 g/mol. The van der Waals surface area contributed by atoms with Crippen molar-refractivity contribution in [2.75, 3.05) is 5.43 Å². The van der Waals surface area contributed by atoms with Gasteiger partial charge in [-0.3, -0.25) is 5.43 Å². The van der Waals surface area contributed by atoms with Gasteiger partial charge in [0.1, 0.15) is 11.2 Å². The lowest BCUT2D eigenvalue weighted by molar-refractivity contribution is -0.137. The molecule has 0 spiro atoms. The van der Waals surface area contributed by atoms with Crippen LogP contribution in [0.5, 0.6) is 0 Å². The molecule has 0 amide bonds. The van der Waals surface area contributed by atoms with Crippen molar-refractivity contribution in [1.82, 2.24) is 9.97 Å². The van der Waals surface area contributed by atoms with Crippen LogP contribution in [0.25, 0.3) is 10.2 Å². The number of hydrogen-bond acceptors (Lipinski definition) is 5. The van der Waals surface area contributed by atoms with Crippen molar-refractivity contribution in [3.05, 3.63) is 52.7 Å². The van der Waals surface area contributed by atoms with E-state index in [2.05, 4.69) is 20.5 Å². The maximum absolute atomic E-state index is 12.5. The molecule has 0 unspecified atom stereocenters. The van der Waals surface area contributed by atoms with E-state index in [1.807, 2.05) is 12.3 Å². The van der Waals surface area contributed by atoms with Crippen molar-refractivity contribution in [2.45, 2.75) is 13.1 Å². The Morgan fingerprint density at radius 3 is 2.61 bits per heavy atom. The summed E-state index contributed by atoms with van der Waals surface area (Å²) in [5.41, 5.74) is 3.72. The predicted molar refractivity (Wildman–Crippen MR) is 84.8 cm³/mol. The number of rotatable bonds is 3. The molecule has 0 saturated carbocycles. The van der Waals surface area contributed by atoms with Gasteiger partial charge in [-0.25, -0.2) is 9.97 Å². The molecule has 8 heteroatoms. The fourth-order valence-electron chi connectivity index (χ4n) is 2.03. The minimum Gasteiger partial charge on any atom is -0.261 e. The van der Waals surface area contributed by atoms with Crippen molar-refractivity contribution < 1.29 is 13.2 Å². The monoisotopic (exact) mass is 336 g/mol. The second kappa shape index (κ2) is 5.96. The molecule has 1 N–H and O–H groups in total. The number of benzene rings is 1. The average molecular weight is 336 g/mol. The van der Waals surface area contributed by atoms with E-state index in [0.717, 1.165) is 27.9 Å². The van der Waals surface area contributed by atoms with E-state index < -0.39 is 11.7 Å². The van der Waals surface area contributed by atoms with Gasteiger partial charge in [0.2, 0.25) is 0 Å². The number of hydrogen-bond donors (Lipinski definition) is 1. The highest BCUT2D eigenvalue weighted by atomic mass is 32.1. The second-order valence-corrected chi connectivity index (χ2v) is 5.67. The van der Waals surface area contributed by atoms with Crippen LogP contribution in [0.2, 0.25) is 0 Å². The number of anilines is 1. The summed E-state index contributed by atoms with van der Waals surface area (Å²) < 4.78 is 37.5. The Bertz CT molecular complexity index is 853. The third-order valence-electron chi connectivity index (χ3n) is 3.18. The second-order valence-electron chi connectivity index (χ2n) is 4.81. The molecule has 118 valence electrons. The molecule has 0 aliphatic rings. The molecule has 1 aromatic carbocycles. The van der Waals surface area contributed by atoms with Gasteiger partial charge < -0.3 is 0 Å². The number of alkyl halides is 3. The Balaban J connectivity index is 1.77. The van der Waals surface area contributed by atoms with Crippen LogP contribution in [-0.4, -0.2) is 16.2 Å². The number of aromatic nitrogens is 2. The summed E-state index contributed by atoms with van der Waals surface area (Å²) in [7, 11) is 0. The van der Waals surface area contributed by atoms with Gasteiger partial charge >= 0.3 is 6.18 Å². The molecular formula is C15H11F3N4S. The smallest absolute Gasteiger partial charge is 0.261 e. The number of halogens is 3. The lowest BCUT2D eigenvalue weighted by Gasteiger charge is -2.06. The molecule has 2 heterocycles. The van der Waals surface area contributed by atoms with E-state index in [9.17, 15) is 13.2 Å². The van der Waals surface area contributed by atoms with E-state index >= 15 is 0 Å². The molecule has 2 aromatic heterocycles. The summed E-state index contributed by atoms with van der Waals surface area (Å²) >= 11 is 1.51. The number of hydrazone groups is 1. The molecule has 3 aromatic rings. The number of fused-ring (bicyclic) bond motifs is 1. The van der Waals surface area contributed by atoms with Gasteiger partial charge in [0.25, 0.3) is 0 Å². The minimum absolute atomic E-state index is 0.554. The van der Waals surface area contributed by atoms with Gasteiger partial charge in [-0.1, -0.05) is 12.1 Å². The molecule has 0 atom stereocenters. The zero-order valence-electron chi connectivity index (χ0n) is 11.9. The average Bonchev–Trinajstić information content (AvgIpc) is 2.89. The summed E-state index contributed by atoms with van der Waals surface area (Å²) in [5.74, 6) is 0.567. The fraction of sp³-hybridized carbons (Fsp3) is 0.133. The number of nitrogens with zero attached hydrogens (tertiary/aromatic N) is 3. The maximum atomic E-state index is 12.5. The van der Waals surface area contributed by atoms with Crippen LogP contribution in [0.3, 0.4) is 0 Å². The fourth-order valence-corrected chi connectivity index (χ4v) is 2.92. The van der Waals surface area contributed by atoms with Crippen LogP contribution in [0.15, 0.2) is 41.1 Å². The molecule has 0 saturated heterocycles. The Morgan fingerprint density at radius 1 is 1.17 bits per heavy atom. The van der Waals surface area contributed by atoms with Gasteiger partial charge in [0.05, 0.1) is 17.2 Å². The van der Waals surface area contributed by atoms with Crippen molar-refractivity contribution >= 4 is 33.6 Å². The van der Waals surface area contributed by atoms with E-state index in [0.29, 0.717) is 11.4 Å². The number of aryl methyl sites for hydroxylation is 1. The van der Waals surface area contributed by atoms with Gasteiger partial charge in [0, 0.05) is 0 Å². The topological polar surface area (TPSA) is 50.2 Å². The van der Waals surface area contributed by atoms with Crippen molar-refractivity contribution in [1.29, 1.82) is 0 Å². The first kappa shape index (κ1) is 15.4. The Hall–Kier alpha value is -2.48. The summed E-state index contributed by atoms with van der Waals surface area (Å²) in [6, 6.07) is 4.76. The Morgan fingerprint density at radius 2 is 1.91 bits per heavy atom. The van der Waals surface area contributed by atoms with Crippen LogP contribution in [0.4, 0.5) is 19.0 Å². The molecule has 0 bridgehead atoms. The first-order valence-electron chi connectivity index (χ1n) is 6.60. The van der Waals surface area contributed by atoms with Gasteiger partial charge in [0.15, 0.2) is 5.82 Å². The lowest BCUT2D eigenvalue weighted by atomic mass is 10.1. The SMILES string of the molecule is Cc1csc2ncnc(N/N=C\c3ccc(C(F)(F)F)cc3)c12. The largest absolute Gasteiger partial charge is 0.416 e. The van der Waals surface area contributed by atoms with Crippen LogP contribution in [0, 0.1) is 6.92 Å². The normalized spacial score (nSPS) is 12.2. The Labute approximate surface area is 133 Å². The maximum Gasteiger partial charge on any atom is 0.416 e. The van der Waals surface area contributed by atoms with Gasteiger partial charge in [-0.15, -0.1) is 11.3 Å². The molecule has 23 heavy (non-hydrogen) atoms. The summed E-state index contributed by atoms with van der Waals surface area (Å²) in [5, 5.41) is 6.90. The first-order valence-corrected chi connectivity index (χ1v) is 7.48. The standard InChI is InChI=1S/C15H11F3N4S/c1-9-7-23-14-12(9)13(19-8-20-14)22-21-6-10-2-4-11(5-3-10)15(16,17)18/h2-8H,1H3,(H,19,20,22)/b21-6-. The highest BCUT2D eigenvalue weighted by molar-refractivity contribution is 7.17. The summed E-state index contributed by atoms with van der Waals surface area (Å²) in [4.78, 5) is 9.16. The lowest BCUT2D eigenvalue weighted by Crippen LogP contribution is -2.04. The highest BCUT2D eigenvalue weighted by Crippen LogP contribution is 2.29. The molecule has 3 rings (SSSR count). The van der Waals surface area contributed by atoms with Gasteiger partial charge in [-0.2, -0.15) is 18.3 Å². The van der Waals surface area contributed by atoms with Crippen LogP contribution >= 0.6 is 11.3 Å². The van der Waals surface area contributed by atoms with Crippen molar-refractivity contribution in [3.63, 3.8) is 0 Å². The minimum atomic E-state index is -4.34. The van der Waals surface area contributed by atoms with E-state index in [1.165, 1.54) is 36.0 Å². The van der Waals surface area contributed by atoms with E-state index in [1.54, 1.807) is 0 Å². The number of nitrogens with one attached hydrogen (secondary N) is 1. The molecule has 0 radical (unpaired) electrons. The third kappa shape index (κ3) is 3.31. The first-order chi connectivity index (χ1) is 10.9. The Kier molecular flexibility index (Phi) is 3.99. The predicted octanol–water partition coefficient (Wildman–Crippen LogP) is 4.46. The van der Waals surface area contributed by atoms with Gasteiger partial charge in [-0.05, 0) is 35.6 Å². The van der Waals surface area contributed by atoms with Crippen LogP contribution < -0.4 is 5.43 Å². The molecule has 0 aliphatic heterocycles. The summed E-state index contributed by atoms with van der Waals surface area (Å²) in [6.07, 6.45) is -1.46. The summed E-state index contributed by atoms with van der Waals surface area (Å²) in [6.45, 7) is 1.95. The molecule has 0 aliphatic carbocycles. The van der Waals surface area contributed by atoms with Crippen molar-refractivity contribution in [3.8, 4) is 0 Å². The quantitative estimate of drug-likeness (QED) is 0.567. The molecule has 0 fully saturated rings. The zero-order chi connectivity index (χ0) is 16.4. The zero-order valence-corrected chi connectivity index (χ0v) is 12.7. The van der Waals surface area contributed by atoms with E-state index in [-0.39, 0.29) is 0 Å².